The molecule has 2 amide bonds. The fourth-order valence-corrected chi connectivity index (χ4v) is 3.76. The molecule has 0 saturated carbocycles. The summed E-state index contributed by atoms with van der Waals surface area (Å²) >= 11 is 1.76. The molecule has 0 radical (unpaired) electrons. The van der Waals surface area contributed by atoms with E-state index in [9.17, 15) is 4.79 Å². The molecule has 1 fully saturated rings. The summed E-state index contributed by atoms with van der Waals surface area (Å²) in [5.41, 5.74) is 3.33. The molecule has 172 valence electrons. The number of anilines is 3. The van der Waals surface area contributed by atoms with E-state index in [-0.39, 0.29) is 10.8 Å². The molecule has 3 aromatic rings. The van der Waals surface area contributed by atoms with Gasteiger partial charge in [0, 0.05) is 36.1 Å². The Morgan fingerprint density at radius 2 is 1.61 bits per heavy atom. The van der Waals surface area contributed by atoms with Crippen molar-refractivity contribution in [2.24, 2.45) is 0 Å². The van der Waals surface area contributed by atoms with Gasteiger partial charge in [-0.05, 0) is 56.5 Å². The fraction of sp³-hybridized carbons (Fsp3) is 0.320. The maximum Gasteiger partial charge on any atom is 0.323 e. The molecule has 2 aromatic carbocycles. The van der Waals surface area contributed by atoms with Gasteiger partial charge in [-0.2, -0.15) is 11.8 Å². The maximum atomic E-state index is 12.3. The Bertz CT molecular complexity index is 1080. The lowest BCUT2D eigenvalue weighted by Gasteiger charge is -2.30. The Hall–Kier alpha value is -3.10. The van der Waals surface area contributed by atoms with Crippen molar-refractivity contribution in [3.8, 4) is 11.4 Å². The standard InChI is InChI=1S/C25H29N5O2S/c1-25(2,33-3)21-17-22(30-13-15-32-16-14-30)29-23(28-21)18-9-11-20(12-10-18)27-24(31)26-19-7-5-4-6-8-19/h4-12,17H,13-16H2,1-3H3,(H2,26,27,31). The van der Waals surface area contributed by atoms with Gasteiger partial charge < -0.3 is 20.3 Å². The number of amides is 2. The van der Waals surface area contributed by atoms with Gasteiger partial charge in [0.1, 0.15) is 5.82 Å². The van der Waals surface area contributed by atoms with Crippen LogP contribution in [0, 0.1) is 0 Å². The summed E-state index contributed by atoms with van der Waals surface area (Å²) in [6, 6.07) is 18.8. The van der Waals surface area contributed by atoms with Crippen LogP contribution in [0.3, 0.4) is 0 Å². The third-order valence-corrected chi connectivity index (χ3v) is 6.84. The summed E-state index contributed by atoms with van der Waals surface area (Å²) in [7, 11) is 0. The molecule has 1 aliphatic rings. The van der Waals surface area contributed by atoms with Crippen molar-refractivity contribution < 1.29 is 9.53 Å². The Labute approximate surface area is 199 Å². The van der Waals surface area contributed by atoms with E-state index in [4.69, 9.17) is 14.7 Å². The molecule has 4 rings (SSSR count). The third kappa shape index (κ3) is 5.83. The zero-order chi connectivity index (χ0) is 23.3. The predicted molar refractivity (Wildman–Crippen MR) is 136 cm³/mol. The van der Waals surface area contributed by atoms with Crippen LogP contribution in [-0.2, 0) is 9.48 Å². The Kier molecular flexibility index (Phi) is 7.15. The largest absolute Gasteiger partial charge is 0.378 e. The molecule has 0 bridgehead atoms. The molecule has 1 aromatic heterocycles. The molecule has 1 aliphatic heterocycles. The van der Waals surface area contributed by atoms with E-state index in [1.54, 1.807) is 11.8 Å². The van der Waals surface area contributed by atoms with Gasteiger partial charge in [0.15, 0.2) is 5.82 Å². The summed E-state index contributed by atoms with van der Waals surface area (Å²) in [6.45, 7) is 7.37. The zero-order valence-corrected chi connectivity index (χ0v) is 20.0. The van der Waals surface area contributed by atoms with Crippen molar-refractivity contribution in [1.29, 1.82) is 0 Å². The average Bonchev–Trinajstić information content (AvgIpc) is 2.85. The molecular formula is C25H29N5O2S. The van der Waals surface area contributed by atoms with Crippen LogP contribution in [0.4, 0.5) is 22.0 Å². The summed E-state index contributed by atoms with van der Waals surface area (Å²) in [4.78, 5) is 24.3. The first-order valence-corrected chi connectivity index (χ1v) is 12.2. The topological polar surface area (TPSA) is 79.4 Å². The van der Waals surface area contributed by atoms with Crippen LogP contribution in [0.1, 0.15) is 19.5 Å². The van der Waals surface area contributed by atoms with Crippen LogP contribution < -0.4 is 15.5 Å². The second-order valence-electron chi connectivity index (χ2n) is 8.27. The highest BCUT2D eigenvalue weighted by molar-refractivity contribution is 7.99. The van der Waals surface area contributed by atoms with E-state index in [2.05, 4.69) is 41.7 Å². The normalized spacial score (nSPS) is 14.1. The SMILES string of the molecule is CSC(C)(C)c1cc(N2CCOCC2)nc(-c2ccc(NC(=O)Nc3ccccc3)cc2)n1. The molecule has 8 heteroatoms. The Morgan fingerprint density at radius 1 is 0.970 bits per heavy atom. The van der Waals surface area contributed by atoms with Crippen LogP contribution >= 0.6 is 11.8 Å². The minimum absolute atomic E-state index is 0.143. The summed E-state index contributed by atoms with van der Waals surface area (Å²) < 4.78 is 5.37. The number of nitrogens with zero attached hydrogens (tertiary/aromatic N) is 3. The van der Waals surface area contributed by atoms with Crippen LogP contribution in [0.25, 0.3) is 11.4 Å². The average molecular weight is 464 g/mol. The Balaban J connectivity index is 1.56. The number of nitrogens with one attached hydrogen (secondary N) is 2. The van der Waals surface area contributed by atoms with Gasteiger partial charge in [-0.3, -0.25) is 0 Å². The summed E-state index contributed by atoms with van der Waals surface area (Å²) in [6.07, 6.45) is 2.09. The van der Waals surface area contributed by atoms with Gasteiger partial charge in [-0.25, -0.2) is 14.8 Å². The zero-order valence-electron chi connectivity index (χ0n) is 19.2. The number of para-hydroxylation sites is 1. The van der Waals surface area contributed by atoms with Gasteiger partial charge in [0.2, 0.25) is 0 Å². The van der Waals surface area contributed by atoms with Crippen molar-refractivity contribution in [3.05, 3.63) is 66.4 Å². The molecule has 7 nitrogen and oxygen atoms in total. The molecule has 2 N–H and O–H groups in total. The van der Waals surface area contributed by atoms with Gasteiger partial charge >= 0.3 is 6.03 Å². The monoisotopic (exact) mass is 463 g/mol. The van der Waals surface area contributed by atoms with E-state index in [1.807, 2.05) is 54.6 Å². The van der Waals surface area contributed by atoms with Gasteiger partial charge in [-0.1, -0.05) is 18.2 Å². The number of benzene rings is 2. The second kappa shape index (κ2) is 10.2. The first-order chi connectivity index (χ1) is 15.9. The minimum atomic E-state index is -0.288. The van der Waals surface area contributed by atoms with E-state index in [1.165, 1.54) is 0 Å². The lowest BCUT2D eigenvalue weighted by molar-refractivity contribution is 0.122. The van der Waals surface area contributed by atoms with E-state index >= 15 is 0 Å². The first kappa shape index (κ1) is 23.1. The minimum Gasteiger partial charge on any atom is -0.378 e. The summed E-state index contributed by atoms with van der Waals surface area (Å²) in [5, 5.41) is 5.68. The number of hydrogen-bond donors (Lipinski definition) is 2. The van der Waals surface area contributed by atoms with Gasteiger partial charge in [0.25, 0.3) is 0 Å². The van der Waals surface area contributed by atoms with Crippen molar-refractivity contribution in [3.63, 3.8) is 0 Å². The number of rotatable bonds is 6. The van der Waals surface area contributed by atoms with E-state index in [0.29, 0.717) is 24.7 Å². The molecule has 0 aliphatic carbocycles. The highest BCUT2D eigenvalue weighted by Gasteiger charge is 2.25. The van der Waals surface area contributed by atoms with E-state index in [0.717, 1.165) is 35.9 Å². The molecule has 33 heavy (non-hydrogen) atoms. The second-order valence-corrected chi connectivity index (χ2v) is 9.70. The number of ether oxygens (including phenoxy) is 1. The van der Waals surface area contributed by atoms with Crippen LogP contribution in [0.5, 0.6) is 0 Å². The molecule has 1 saturated heterocycles. The molecule has 0 atom stereocenters. The molecule has 2 heterocycles. The van der Waals surface area contributed by atoms with Crippen molar-refractivity contribution in [2.45, 2.75) is 18.6 Å². The number of thioether (sulfide) groups is 1. The predicted octanol–water partition coefficient (Wildman–Crippen LogP) is 5.22. The maximum absolute atomic E-state index is 12.3. The third-order valence-electron chi connectivity index (χ3n) is 5.61. The number of carbonyl (C=O) groups excluding carboxylic acids is 1. The number of morpholine rings is 1. The van der Waals surface area contributed by atoms with Crippen molar-refractivity contribution in [2.75, 3.05) is 48.1 Å². The Morgan fingerprint density at radius 3 is 2.24 bits per heavy atom. The van der Waals surface area contributed by atoms with Crippen LogP contribution in [0.2, 0.25) is 0 Å². The van der Waals surface area contributed by atoms with Gasteiger partial charge in [0.05, 0.1) is 23.7 Å². The lowest BCUT2D eigenvalue weighted by atomic mass is 10.1. The number of urea groups is 1. The number of hydrogen-bond acceptors (Lipinski definition) is 6. The van der Waals surface area contributed by atoms with Crippen molar-refractivity contribution in [1.82, 2.24) is 9.97 Å². The first-order valence-electron chi connectivity index (χ1n) is 11.0. The highest BCUT2D eigenvalue weighted by atomic mass is 32.2. The summed E-state index contributed by atoms with van der Waals surface area (Å²) in [5.74, 6) is 1.60. The van der Waals surface area contributed by atoms with E-state index < -0.39 is 0 Å². The molecule has 0 unspecified atom stereocenters. The quantitative estimate of drug-likeness (QED) is 0.522. The lowest BCUT2D eigenvalue weighted by Crippen LogP contribution is -2.37. The molecular weight excluding hydrogens is 434 g/mol. The number of aromatic nitrogens is 2. The number of carbonyl (C=O) groups is 1. The highest BCUT2D eigenvalue weighted by Crippen LogP contribution is 2.35. The van der Waals surface area contributed by atoms with Crippen molar-refractivity contribution >= 4 is 35.0 Å². The fourth-order valence-electron chi connectivity index (χ4n) is 3.45. The van der Waals surface area contributed by atoms with Crippen LogP contribution in [0.15, 0.2) is 60.7 Å². The smallest absolute Gasteiger partial charge is 0.323 e. The molecule has 0 spiro atoms. The van der Waals surface area contributed by atoms with Gasteiger partial charge in [-0.15, -0.1) is 0 Å². The van der Waals surface area contributed by atoms with Crippen LogP contribution in [-0.4, -0.2) is 48.6 Å².